The van der Waals surface area contributed by atoms with Crippen molar-refractivity contribution in [3.05, 3.63) is 0 Å². The molecule has 0 aromatic rings. The first-order chi connectivity index (χ1) is 5.57. The molecule has 0 aromatic heterocycles. The first-order valence-electron chi connectivity index (χ1n) is 5.13. The second-order valence-electron chi connectivity index (χ2n) is 4.48. The number of rotatable bonds is 6. The Hall–Kier alpha value is 0.480. The van der Waals surface area contributed by atoms with Crippen molar-refractivity contribution in [2.45, 2.75) is 47.0 Å². The molecule has 0 aliphatic carbocycles. The Bertz CT molecular complexity index is 97.2. The summed E-state index contributed by atoms with van der Waals surface area (Å²) in [6, 6.07) is 0. The lowest BCUT2D eigenvalue weighted by atomic mass is 9.91. The van der Waals surface area contributed by atoms with Gasteiger partial charge in [-0.2, -0.15) is 0 Å². The Morgan fingerprint density at radius 2 is 1.58 bits per heavy atom. The molecule has 0 saturated carbocycles. The van der Waals surface area contributed by atoms with Gasteiger partial charge in [0.2, 0.25) is 0 Å². The minimum absolute atomic E-state index is 0.830. The first kappa shape index (κ1) is 12.5. The zero-order chi connectivity index (χ0) is 9.56. The van der Waals surface area contributed by atoms with E-state index < -0.39 is 0 Å². The molecule has 0 amide bonds. The number of alkyl halides is 1. The van der Waals surface area contributed by atoms with Gasteiger partial charge in [0.1, 0.15) is 0 Å². The molecule has 0 heterocycles. The highest BCUT2D eigenvalue weighted by Gasteiger charge is 2.11. The largest absolute Gasteiger partial charge is 0.0925 e. The van der Waals surface area contributed by atoms with Gasteiger partial charge >= 0.3 is 0 Å². The van der Waals surface area contributed by atoms with Crippen LogP contribution in [0.2, 0.25) is 0 Å². The predicted octanol–water partition coefficient (Wildman–Crippen LogP) is 4.48. The lowest BCUT2D eigenvalue weighted by Gasteiger charge is -2.18. The van der Waals surface area contributed by atoms with Crippen LogP contribution in [-0.2, 0) is 0 Å². The summed E-state index contributed by atoms with van der Waals surface area (Å²) in [4.78, 5) is 0. The lowest BCUT2D eigenvalue weighted by molar-refractivity contribution is 0.374. The molecular weight excluding hydrogens is 212 g/mol. The number of halogens is 1. The zero-order valence-electron chi connectivity index (χ0n) is 8.94. The van der Waals surface area contributed by atoms with Crippen molar-refractivity contribution in [1.82, 2.24) is 0 Å². The van der Waals surface area contributed by atoms with E-state index >= 15 is 0 Å². The average molecular weight is 235 g/mol. The van der Waals surface area contributed by atoms with Crippen LogP contribution < -0.4 is 0 Å². The fraction of sp³-hybridized carbons (Fsp3) is 1.00. The molecule has 74 valence electrons. The van der Waals surface area contributed by atoms with Crippen LogP contribution in [0.4, 0.5) is 0 Å². The Morgan fingerprint density at radius 1 is 1.00 bits per heavy atom. The number of hydrogen-bond donors (Lipinski definition) is 0. The van der Waals surface area contributed by atoms with Gasteiger partial charge in [-0.1, -0.05) is 56.5 Å². The zero-order valence-corrected chi connectivity index (χ0v) is 10.5. The van der Waals surface area contributed by atoms with E-state index in [0.717, 1.165) is 17.8 Å². The van der Waals surface area contributed by atoms with Gasteiger partial charge in [-0.05, 0) is 24.2 Å². The molecule has 0 bridgehead atoms. The molecule has 0 spiro atoms. The molecule has 1 heteroatoms. The third-order valence-corrected chi connectivity index (χ3v) is 3.33. The van der Waals surface area contributed by atoms with Crippen molar-refractivity contribution in [1.29, 1.82) is 0 Å². The van der Waals surface area contributed by atoms with Gasteiger partial charge in [-0.15, -0.1) is 0 Å². The predicted molar refractivity (Wildman–Crippen MR) is 60.8 cm³/mol. The fourth-order valence-corrected chi connectivity index (χ4v) is 2.45. The van der Waals surface area contributed by atoms with E-state index in [1.54, 1.807) is 0 Å². The molecular formula is C11H23Br. The van der Waals surface area contributed by atoms with E-state index in [9.17, 15) is 0 Å². The molecule has 1 atom stereocenters. The summed E-state index contributed by atoms with van der Waals surface area (Å²) < 4.78 is 0. The van der Waals surface area contributed by atoms with Crippen molar-refractivity contribution < 1.29 is 0 Å². The van der Waals surface area contributed by atoms with Crippen LogP contribution in [0.1, 0.15) is 47.0 Å². The molecule has 0 radical (unpaired) electrons. The van der Waals surface area contributed by atoms with Gasteiger partial charge in [0, 0.05) is 5.33 Å². The van der Waals surface area contributed by atoms with Crippen molar-refractivity contribution >= 4 is 15.9 Å². The third-order valence-electron chi connectivity index (χ3n) is 2.50. The minimum atomic E-state index is 0.830. The quantitative estimate of drug-likeness (QED) is 0.595. The van der Waals surface area contributed by atoms with E-state index in [-0.39, 0.29) is 0 Å². The average Bonchev–Trinajstić information content (AvgIpc) is 1.96. The standard InChI is InChI=1S/C11H23Br/c1-9(2)6-5-7-11(8-12)10(3)4/h9-11H,5-8H2,1-4H3. The summed E-state index contributed by atoms with van der Waals surface area (Å²) in [5.41, 5.74) is 0. The highest BCUT2D eigenvalue weighted by atomic mass is 79.9. The molecule has 12 heavy (non-hydrogen) atoms. The topological polar surface area (TPSA) is 0 Å². The normalized spacial score (nSPS) is 14.2. The minimum Gasteiger partial charge on any atom is -0.0925 e. The summed E-state index contributed by atoms with van der Waals surface area (Å²) in [6.45, 7) is 9.25. The Balaban J connectivity index is 3.45. The van der Waals surface area contributed by atoms with Gasteiger partial charge in [0.05, 0.1) is 0 Å². The molecule has 1 unspecified atom stereocenters. The van der Waals surface area contributed by atoms with Gasteiger partial charge in [0.15, 0.2) is 0 Å². The highest BCUT2D eigenvalue weighted by Crippen LogP contribution is 2.21. The second-order valence-corrected chi connectivity index (χ2v) is 5.13. The molecule has 0 rings (SSSR count). The van der Waals surface area contributed by atoms with Crippen LogP contribution in [0.3, 0.4) is 0 Å². The Labute approximate surface area is 86.3 Å². The number of hydrogen-bond acceptors (Lipinski definition) is 0. The summed E-state index contributed by atoms with van der Waals surface area (Å²) in [5, 5.41) is 1.17. The maximum atomic E-state index is 3.58. The molecule has 0 fully saturated rings. The van der Waals surface area contributed by atoms with Gasteiger partial charge in [0.25, 0.3) is 0 Å². The van der Waals surface area contributed by atoms with E-state index in [1.165, 1.54) is 24.6 Å². The van der Waals surface area contributed by atoms with E-state index in [1.807, 2.05) is 0 Å². The molecule has 0 N–H and O–H groups in total. The Morgan fingerprint density at radius 3 is 1.92 bits per heavy atom. The van der Waals surface area contributed by atoms with Crippen LogP contribution in [0.5, 0.6) is 0 Å². The molecule has 0 aliphatic heterocycles. The second kappa shape index (κ2) is 6.94. The van der Waals surface area contributed by atoms with Crippen molar-refractivity contribution in [3.8, 4) is 0 Å². The maximum Gasteiger partial charge on any atom is 0.00621 e. The van der Waals surface area contributed by atoms with Crippen molar-refractivity contribution in [3.63, 3.8) is 0 Å². The molecule has 0 aromatic carbocycles. The fourth-order valence-electron chi connectivity index (χ4n) is 1.38. The molecule has 0 saturated heterocycles. The monoisotopic (exact) mass is 234 g/mol. The summed E-state index contributed by atoms with van der Waals surface area (Å²) in [5.74, 6) is 2.58. The summed E-state index contributed by atoms with van der Waals surface area (Å²) in [7, 11) is 0. The van der Waals surface area contributed by atoms with Crippen molar-refractivity contribution in [2.75, 3.05) is 5.33 Å². The van der Waals surface area contributed by atoms with Gasteiger partial charge < -0.3 is 0 Å². The van der Waals surface area contributed by atoms with Gasteiger partial charge in [-0.3, -0.25) is 0 Å². The molecule has 0 aliphatic rings. The molecule has 0 nitrogen and oxygen atoms in total. The highest BCUT2D eigenvalue weighted by molar-refractivity contribution is 9.09. The van der Waals surface area contributed by atoms with Crippen LogP contribution in [0.25, 0.3) is 0 Å². The van der Waals surface area contributed by atoms with E-state index in [0.29, 0.717) is 0 Å². The van der Waals surface area contributed by atoms with Crippen LogP contribution in [-0.4, -0.2) is 5.33 Å². The van der Waals surface area contributed by atoms with E-state index in [4.69, 9.17) is 0 Å². The maximum absolute atomic E-state index is 3.58. The smallest absolute Gasteiger partial charge is 0.00621 e. The third kappa shape index (κ3) is 6.05. The van der Waals surface area contributed by atoms with Crippen molar-refractivity contribution in [2.24, 2.45) is 17.8 Å². The Kier molecular flexibility index (Phi) is 7.22. The van der Waals surface area contributed by atoms with Crippen LogP contribution in [0.15, 0.2) is 0 Å². The first-order valence-corrected chi connectivity index (χ1v) is 6.26. The summed E-state index contributed by atoms with van der Waals surface area (Å²) in [6.07, 6.45) is 4.17. The van der Waals surface area contributed by atoms with Gasteiger partial charge in [-0.25, -0.2) is 0 Å². The SMILES string of the molecule is CC(C)CCCC(CBr)C(C)C. The van der Waals surface area contributed by atoms with Crippen LogP contribution in [0, 0.1) is 17.8 Å². The lowest BCUT2D eigenvalue weighted by Crippen LogP contribution is -2.10. The summed E-state index contributed by atoms with van der Waals surface area (Å²) >= 11 is 3.58. The van der Waals surface area contributed by atoms with E-state index in [2.05, 4.69) is 43.6 Å². The van der Waals surface area contributed by atoms with Crippen LogP contribution >= 0.6 is 15.9 Å².